The Hall–Kier alpha value is -0.370. The third kappa shape index (κ3) is 8.37. The zero-order chi connectivity index (χ0) is 12.3. The lowest BCUT2D eigenvalue weighted by atomic mass is 10.0. The van der Waals surface area contributed by atoms with E-state index in [2.05, 4.69) is 0 Å². The molecule has 1 atom stereocenters. The lowest BCUT2D eigenvalue weighted by molar-refractivity contribution is -0.107. The Bertz CT molecular complexity index is 187. The molecule has 1 rings (SSSR count). The van der Waals surface area contributed by atoms with Gasteiger partial charge in [-0.1, -0.05) is 44.9 Å². The van der Waals surface area contributed by atoms with Gasteiger partial charge in [0.05, 0.1) is 6.10 Å². The Balaban J connectivity index is 1.70. The van der Waals surface area contributed by atoms with E-state index in [0.29, 0.717) is 5.92 Å². The number of aldehydes is 1. The van der Waals surface area contributed by atoms with E-state index < -0.39 is 0 Å². The number of aliphatic hydroxyl groups is 1. The highest BCUT2D eigenvalue weighted by Gasteiger charge is 2.28. The maximum absolute atomic E-state index is 10.1. The van der Waals surface area contributed by atoms with Crippen LogP contribution in [0.15, 0.2) is 0 Å². The summed E-state index contributed by atoms with van der Waals surface area (Å²) >= 11 is 0. The van der Waals surface area contributed by atoms with Gasteiger partial charge in [0.25, 0.3) is 0 Å². The topological polar surface area (TPSA) is 37.3 Å². The van der Waals surface area contributed by atoms with Gasteiger partial charge in [-0.25, -0.2) is 0 Å². The van der Waals surface area contributed by atoms with Gasteiger partial charge in [-0.05, 0) is 31.6 Å². The summed E-state index contributed by atoms with van der Waals surface area (Å²) < 4.78 is 0. The van der Waals surface area contributed by atoms with Crippen molar-refractivity contribution in [3.05, 3.63) is 0 Å². The van der Waals surface area contributed by atoms with Crippen LogP contribution in [0.5, 0.6) is 0 Å². The van der Waals surface area contributed by atoms with Gasteiger partial charge in [-0.3, -0.25) is 0 Å². The number of rotatable bonds is 12. The molecular formula is C15H28O2. The summed E-state index contributed by atoms with van der Waals surface area (Å²) in [6, 6.07) is 0. The summed E-state index contributed by atoms with van der Waals surface area (Å²) in [6.45, 7) is 0. The summed E-state index contributed by atoms with van der Waals surface area (Å²) in [4.78, 5) is 10.1. The molecule has 0 amide bonds. The van der Waals surface area contributed by atoms with Gasteiger partial charge in [0, 0.05) is 6.42 Å². The fourth-order valence-corrected chi connectivity index (χ4v) is 2.36. The van der Waals surface area contributed by atoms with E-state index in [4.69, 9.17) is 0 Å². The molecule has 17 heavy (non-hydrogen) atoms. The second-order valence-corrected chi connectivity index (χ2v) is 5.48. The van der Waals surface area contributed by atoms with E-state index in [1.165, 1.54) is 57.8 Å². The maximum atomic E-state index is 10.1. The minimum absolute atomic E-state index is 0.00154. The number of hydrogen-bond acceptors (Lipinski definition) is 2. The molecule has 2 nitrogen and oxygen atoms in total. The predicted molar refractivity (Wildman–Crippen MR) is 71.0 cm³/mol. The molecule has 1 fully saturated rings. The SMILES string of the molecule is O=CCCCCCCCCCCC(O)C1CC1. The van der Waals surface area contributed by atoms with Gasteiger partial charge in [0.1, 0.15) is 6.29 Å². The Morgan fingerprint density at radius 1 is 0.941 bits per heavy atom. The van der Waals surface area contributed by atoms with Crippen LogP contribution in [0.4, 0.5) is 0 Å². The van der Waals surface area contributed by atoms with Crippen LogP contribution in [0.2, 0.25) is 0 Å². The summed E-state index contributed by atoms with van der Waals surface area (Å²) in [5, 5.41) is 9.68. The Morgan fingerprint density at radius 2 is 1.47 bits per heavy atom. The first kappa shape index (κ1) is 14.7. The zero-order valence-electron chi connectivity index (χ0n) is 11.1. The first-order valence-electron chi connectivity index (χ1n) is 7.46. The average Bonchev–Trinajstić information content (AvgIpc) is 3.15. The normalized spacial score (nSPS) is 17.0. The lowest BCUT2D eigenvalue weighted by Gasteiger charge is -2.08. The molecule has 0 heterocycles. The first-order chi connectivity index (χ1) is 8.34. The second-order valence-electron chi connectivity index (χ2n) is 5.48. The van der Waals surface area contributed by atoms with E-state index in [-0.39, 0.29) is 6.10 Å². The summed E-state index contributed by atoms with van der Waals surface area (Å²) in [5.41, 5.74) is 0. The van der Waals surface area contributed by atoms with E-state index >= 15 is 0 Å². The Morgan fingerprint density at radius 3 is 2.00 bits per heavy atom. The molecule has 0 radical (unpaired) electrons. The van der Waals surface area contributed by atoms with Crippen molar-refractivity contribution in [3.63, 3.8) is 0 Å². The highest BCUT2D eigenvalue weighted by Crippen LogP contribution is 2.34. The summed E-state index contributed by atoms with van der Waals surface area (Å²) in [7, 11) is 0. The van der Waals surface area contributed by atoms with Gasteiger partial charge >= 0.3 is 0 Å². The van der Waals surface area contributed by atoms with Crippen molar-refractivity contribution in [1.82, 2.24) is 0 Å². The van der Waals surface area contributed by atoms with Gasteiger partial charge in [-0.2, -0.15) is 0 Å². The number of carbonyl (C=O) groups is 1. The summed E-state index contributed by atoms with van der Waals surface area (Å²) in [5.74, 6) is 0.646. The van der Waals surface area contributed by atoms with Crippen LogP contribution in [0.1, 0.15) is 77.0 Å². The Kier molecular flexibility index (Phi) is 8.33. The Labute approximate surface area is 106 Å². The van der Waals surface area contributed by atoms with Crippen molar-refractivity contribution in [2.75, 3.05) is 0 Å². The first-order valence-corrected chi connectivity index (χ1v) is 7.46. The van der Waals surface area contributed by atoms with Crippen molar-refractivity contribution in [3.8, 4) is 0 Å². The highest BCUT2D eigenvalue weighted by molar-refractivity contribution is 5.48. The van der Waals surface area contributed by atoms with Crippen molar-refractivity contribution in [2.45, 2.75) is 83.2 Å². The molecule has 1 aliphatic carbocycles. The van der Waals surface area contributed by atoms with Crippen molar-refractivity contribution >= 4 is 6.29 Å². The summed E-state index contributed by atoms with van der Waals surface area (Å²) in [6.07, 6.45) is 15.2. The van der Waals surface area contributed by atoms with Crippen molar-refractivity contribution in [2.24, 2.45) is 5.92 Å². The quantitative estimate of drug-likeness (QED) is 0.415. The predicted octanol–water partition coefficient (Wildman–Crippen LogP) is 3.86. The largest absolute Gasteiger partial charge is 0.393 e. The van der Waals surface area contributed by atoms with Gasteiger partial charge in [0.15, 0.2) is 0 Å². The molecule has 0 aromatic rings. The molecule has 1 unspecified atom stereocenters. The molecule has 1 aliphatic rings. The molecule has 0 aromatic carbocycles. The van der Waals surface area contributed by atoms with Crippen LogP contribution in [-0.4, -0.2) is 17.5 Å². The molecule has 0 aromatic heterocycles. The molecule has 1 N–H and O–H groups in total. The lowest BCUT2D eigenvalue weighted by Crippen LogP contribution is -2.08. The van der Waals surface area contributed by atoms with E-state index in [1.807, 2.05) is 0 Å². The molecule has 1 saturated carbocycles. The van der Waals surface area contributed by atoms with Crippen LogP contribution < -0.4 is 0 Å². The minimum atomic E-state index is -0.00154. The van der Waals surface area contributed by atoms with E-state index in [0.717, 1.165) is 25.5 Å². The average molecular weight is 240 g/mol. The third-order valence-corrected chi connectivity index (χ3v) is 3.74. The number of unbranched alkanes of at least 4 members (excludes halogenated alkanes) is 8. The molecule has 0 spiro atoms. The monoisotopic (exact) mass is 240 g/mol. The number of aliphatic hydroxyl groups excluding tert-OH is 1. The van der Waals surface area contributed by atoms with Crippen LogP contribution in [0.25, 0.3) is 0 Å². The second kappa shape index (κ2) is 9.64. The molecule has 0 saturated heterocycles. The standard InChI is InChI=1S/C15H28O2/c16-13-9-7-5-3-1-2-4-6-8-10-15(17)14-11-12-14/h13-15,17H,1-12H2. The minimum Gasteiger partial charge on any atom is -0.393 e. The molecule has 0 aliphatic heterocycles. The van der Waals surface area contributed by atoms with Crippen LogP contribution in [-0.2, 0) is 4.79 Å². The van der Waals surface area contributed by atoms with E-state index in [9.17, 15) is 9.90 Å². The van der Waals surface area contributed by atoms with Crippen LogP contribution in [0, 0.1) is 5.92 Å². The van der Waals surface area contributed by atoms with Crippen LogP contribution in [0.3, 0.4) is 0 Å². The van der Waals surface area contributed by atoms with Gasteiger partial charge < -0.3 is 9.90 Å². The fraction of sp³-hybridized carbons (Fsp3) is 0.933. The molecule has 100 valence electrons. The smallest absolute Gasteiger partial charge is 0.119 e. The van der Waals surface area contributed by atoms with Crippen molar-refractivity contribution < 1.29 is 9.90 Å². The van der Waals surface area contributed by atoms with Gasteiger partial charge in [-0.15, -0.1) is 0 Å². The molecular weight excluding hydrogens is 212 g/mol. The van der Waals surface area contributed by atoms with Gasteiger partial charge in [0.2, 0.25) is 0 Å². The molecule has 2 heteroatoms. The van der Waals surface area contributed by atoms with Crippen molar-refractivity contribution in [1.29, 1.82) is 0 Å². The molecule has 0 bridgehead atoms. The van der Waals surface area contributed by atoms with Crippen LogP contribution >= 0.6 is 0 Å². The fourth-order valence-electron chi connectivity index (χ4n) is 2.36. The highest BCUT2D eigenvalue weighted by atomic mass is 16.3. The number of carbonyl (C=O) groups excluding carboxylic acids is 1. The van der Waals surface area contributed by atoms with E-state index in [1.54, 1.807) is 0 Å². The number of hydrogen-bond donors (Lipinski definition) is 1. The third-order valence-electron chi connectivity index (χ3n) is 3.74. The zero-order valence-corrected chi connectivity index (χ0v) is 11.1. The maximum Gasteiger partial charge on any atom is 0.119 e.